The maximum absolute atomic E-state index is 11.6. The summed E-state index contributed by atoms with van der Waals surface area (Å²) in [6, 6.07) is 0. The molecule has 1 amide bonds. The van der Waals surface area contributed by atoms with Crippen LogP contribution in [0.15, 0.2) is 11.6 Å². The van der Waals surface area contributed by atoms with E-state index in [-0.39, 0.29) is 16.9 Å². The average molecular weight is 314 g/mol. The van der Waals surface area contributed by atoms with Crippen molar-refractivity contribution >= 4 is 39.3 Å². The van der Waals surface area contributed by atoms with Gasteiger partial charge in [-0.2, -0.15) is 0 Å². The average Bonchev–Trinajstić information content (AvgIpc) is 2.89. The Balaban J connectivity index is 1.94. The van der Waals surface area contributed by atoms with Crippen LogP contribution in [-0.4, -0.2) is 21.8 Å². The quantitative estimate of drug-likeness (QED) is 0.701. The molecule has 0 saturated heterocycles. The molecule has 112 valence electrons. The predicted molar refractivity (Wildman–Crippen MR) is 86.1 cm³/mol. The van der Waals surface area contributed by atoms with Gasteiger partial charge in [0.2, 0.25) is 5.91 Å². The van der Waals surface area contributed by atoms with Crippen LogP contribution >= 0.6 is 23.1 Å². The monoisotopic (exact) mass is 314 g/mol. The van der Waals surface area contributed by atoms with Crippen LogP contribution in [0.5, 0.6) is 0 Å². The number of hydrogen-bond donors (Lipinski definition) is 1. The molecule has 0 atom stereocenters. The van der Waals surface area contributed by atoms with E-state index in [9.17, 15) is 9.59 Å². The third kappa shape index (κ3) is 7.65. The van der Waals surface area contributed by atoms with Gasteiger partial charge in [-0.25, -0.2) is 4.98 Å². The van der Waals surface area contributed by atoms with Crippen LogP contribution in [-0.2, 0) is 9.59 Å². The first-order chi connectivity index (χ1) is 9.59. The van der Waals surface area contributed by atoms with Crippen molar-refractivity contribution < 1.29 is 9.59 Å². The minimum atomic E-state index is 0.0318. The second-order valence-corrected chi connectivity index (χ2v) is 6.87. The van der Waals surface area contributed by atoms with Crippen molar-refractivity contribution in [2.45, 2.75) is 46.0 Å². The third-order valence-electron chi connectivity index (χ3n) is 2.69. The molecule has 0 bridgehead atoms. The van der Waals surface area contributed by atoms with Crippen LogP contribution in [0.2, 0.25) is 0 Å². The lowest BCUT2D eigenvalue weighted by Crippen LogP contribution is -2.10. The lowest BCUT2D eigenvalue weighted by atomic mass is 10.1. The molecule has 0 spiro atoms. The molecule has 1 aromatic rings. The standard InChI is InChI=1S/C14H22N2O2S2/c1-11(2)13(18)19-9-6-4-3-5-7-12(17)16-14-15-8-10-20-14/h8,10-11H,3-7,9H2,1-2H3,(H,15,16,17). The Kier molecular flexibility index (Phi) is 8.53. The Morgan fingerprint density at radius 2 is 2.05 bits per heavy atom. The molecular weight excluding hydrogens is 292 g/mol. The molecule has 4 nitrogen and oxygen atoms in total. The lowest BCUT2D eigenvalue weighted by Gasteiger charge is -2.04. The summed E-state index contributed by atoms with van der Waals surface area (Å²) < 4.78 is 0. The molecule has 1 aromatic heterocycles. The predicted octanol–water partition coefficient (Wildman–Crippen LogP) is 3.95. The number of carbonyl (C=O) groups excluding carboxylic acids is 2. The number of aromatic nitrogens is 1. The van der Waals surface area contributed by atoms with Gasteiger partial charge < -0.3 is 5.32 Å². The van der Waals surface area contributed by atoms with Crippen molar-refractivity contribution in [3.63, 3.8) is 0 Å². The summed E-state index contributed by atoms with van der Waals surface area (Å²) in [4.78, 5) is 27.0. The molecule has 0 aliphatic heterocycles. The molecule has 1 rings (SSSR count). The Hall–Kier alpha value is -0.880. The molecule has 1 N–H and O–H groups in total. The van der Waals surface area contributed by atoms with Crippen LogP contribution in [0.1, 0.15) is 46.0 Å². The number of amides is 1. The summed E-state index contributed by atoms with van der Waals surface area (Å²) >= 11 is 2.86. The van der Waals surface area contributed by atoms with Crippen molar-refractivity contribution in [3.8, 4) is 0 Å². The summed E-state index contributed by atoms with van der Waals surface area (Å²) in [7, 11) is 0. The highest BCUT2D eigenvalue weighted by atomic mass is 32.2. The van der Waals surface area contributed by atoms with E-state index >= 15 is 0 Å². The molecule has 0 aliphatic rings. The van der Waals surface area contributed by atoms with Crippen molar-refractivity contribution in [2.75, 3.05) is 11.1 Å². The van der Waals surface area contributed by atoms with Gasteiger partial charge in [0, 0.05) is 29.7 Å². The minimum absolute atomic E-state index is 0.0318. The molecule has 1 heterocycles. The van der Waals surface area contributed by atoms with Gasteiger partial charge in [0.15, 0.2) is 10.2 Å². The molecule has 0 radical (unpaired) electrons. The molecule has 0 unspecified atom stereocenters. The molecule has 0 aliphatic carbocycles. The zero-order valence-electron chi connectivity index (χ0n) is 12.1. The number of rotatable bonds is 9. The zero-order valence-corrected chi connectivity index (χ0v) is 13.7. The molecular formula is C14H22N2O2S2. The minimum Gasteiger partial charge on any atom is -0.302 e. The summed E-state index contributed by atoms with van der Waals surface area (Å²) in [5, 5.41) is 5.55. The van der Waals surface area contributed by atoms with Crippen LogP contribution in [0.25, 0.3) is 0 Å². The maximum Gasteiger partial charge on any atom is 0.226 e. The Labute approximate surface area is 128 Å². The van der Waals surface area contributed by atoms with E-state index in [0.717, 1.165) is 31.4 Å². The van der Waals surface area contributed by atoms with E-state index in [0.29, 0.717) is 11.6 Å². The largest absolute Gasteiger partial charge is 0.302 e. The van der Waals surface area contributed by atoms with Gasteiger partial charge in [-0.15, -0.1) is 11.3 Å². The highest BCUT2D eigenvalue weighted by Crippen LogP contribution is 2.15. The van der Waals surface area contributed by atoms with Crippen molar-refractivity contribution in [2.24, 2.45) is 5.92 Å². The number of carbonyl (C=O) groups is 2. The molecule has 0 saturated carbocycles. The summed E-state index contributed by atoms with van der Waals surface area (Å²) in [5.41, 5.74) is 0. The smallest absolute Gasteiger partial charge is 0.226 e. The first kappa shape index (κ1) is 17.2. The number of nitrogens with zero attached hydrogens (tertiary/aromatic N) is 1. The van der Waals surface area contributed by atoms with Crippen LogP contribution < -0.4 is 5.32 Å². The van der Waals surface area contributed by atoms with Gasteiger partial charge in [-0.1, -0.05) is 38.5 Å². The van der Waals surface area contributed by atoms with Crippen molar-refractivity contribution in [1.82, 2.24) is 4.98 Å². The van der Waals surface area contributed by atoms with Gasteiger partial charge in [0.1, 0.15) is 0 Å². The SMILES string of the molecule is CC(C)C(=O)SCCCCCCC(=O)Nc1nccs1. The van der Waals surface area contributed by atoms with Crippen LogP contribution in [0, 0.1) is 5.92 Å². The number of unbranched alkanes of at least 4 members (excludes halogenated alkanes) is 3. The molecule has 0 fully saturated rings. The van der Waals surface area contributed by atoms with Gasteiger partial charge in [-0.05, 0) is 12.8 Å². The lowest BCUT2D eigenvalue weighted by molar-refractivity contribution is -0.116. The fourth-order valence-corrected chi connectivity index (χ4v) is 2.98. The second-order valence-electron chi connectivity index (χ2n) is 4.87. The van der Waals surface area contributed by atoms with E-state index < -0.39 is 0 Å². The third-order valence-corrected chi connectivity index (χ3v) is 4.63. The van der Waals surface area contributed by atoms with Crippen LogP contribution in [0.3, 0.4) is 0 Å². The Morgan fingerprint density at radius 3 is 2.70 bits per heavy atom. The highest BCUT2D eigenvalue weighted by molar-refractivity contribution is 8.13. The Bertz CT molecular complexity index is 405. The fraction of sp³-hybridized carbons (Fsp3) is 0.643. The summed E-state index contributed by atoms with van der Waals surface area (Å²) in [6.07, 6.45) is 6.25. The fourth-order valence-electron chi connectivity index (χ4n) is 1.55. The highest BCUT2D eigenvalue weighted by Gasteiger charge is 2.07. The molecule has 6 heteroatoms. The summed E-state index contributed by atoms with van der Waals surface area (Å²) in [6.45, 7) is 3.85. The van der Waals surface area contributed by atoms with E-state index in [1.165, 1.54) is 23.1 Å². The van der Waals surface area contributed by atoms with Crippen molar-refractivity contribution in [3.05, 3.63) is 11.6 Å². The molecule has 20 heavy (non-hydrogen) atoms. The maximum atomic E-state index is 11.6. The van der Waals surface area contributed by atoms with E-state index in [4.69, 9.17) is 0 Å². The Morgan fingerprint density at radius 1 is 1.30 bits per heavy atom. The van der Waals surface area contributed by atoms with Crippen LogP contribution in [0.4, 0.5) is 5.13 Å². The summed E-state index contributed by atoms with van der Waals surface area (Å²) in [5.74, 6) is 1.04. The number of thioether (sulfide) groups is 1. The van der Waals surface area contributed by atoms with Gasteiger partial charge >= 0.3 is 0 Å². The first-order valence-corrected chi connectivity index (χ1v) is 8.82. The normalized spacial score (nSPS) is 10.8. The van der Waals surface area contributed by atoms with Crippen molar-refractivity contribution in [1.29, 1.82) is 0 Å². The second kappa shape index (κ2) is 9.94. The van der Waals surface area contributed by atoms with Gasteiger partial charge in [0.25, 0.3) is 0 Å². The van der Waals surface area contributed by atoms with E-state index in [1.54, 1.807) is 6.20 Å². The molecule has 0 aromatic carbocycles. The van der Waals surface area contributed by atoms with E-state index in [2.05, 4.69) is 10.3 Å². The first-order valence-electron chi connectivity index (χ1n) is 6.95. The number of nitrogens with one attached hydrogen (secondary N) is 1. The van der Waals surface area contributed by atoms with E-state index in [1.807, 2.05) is 19.2 Å². The van der Waals surface area contributed by atoms with Gasteiger partial charge in [0.05, 0.1) is 0 Å². The topological polar surface area (TPSA) is 59.1 Å². The zero-order chi connectivity index (χ0) is 14.8. The number of thiazole rings is 1. The number of anilines is 1. The van der Waals surface area contributed by atoms with Gasteiger partial charge in [-0.3, -0.25) is 9.59 Å². The number of hydrogen-bond acceptors (Lipinski definition) is 5.